The van der Waals surface area contributed by atoms with Crippen LogP contribution >= 0.6 is 7.92 Å². The Bertz CT molecular complexity index is 198. The van der Waals surface area contributed by atoms with Gasteiger partial charge in [0.25, 0.3) is 0 Å². The zero-order valence-electron chi connectivity index (χ0n) is 6.70. The maximum Gasteiger partial charge on any atom is 0.0473 e. The molecule has 60 valence electrons. The number of aliphatic hydroxyl groups is 1. The second-order valence-corrected chi connectivity index (χ2v) is 4.84. The lowest BCUT2D eigenvalue weighted by Gasteiger charge is -2.09. The fraction of sp³-hybridized carbons (Fsp3) is 0.333. The van der Waals surface area contributed by atoms with Crippen LogP contribution in [0.2, 0.25) is 0 Å². The molecular weight excluding hydrogens is 155 g/mol. The van der Waals surface area contributed by atoms with Crippen molar-refractivity contribution in [3.05, 3.63) is 30.3 Å². The van der Waals surface area contributed by atoms with Crippen molar-refractivity contribution in [2.45, 2.75) is 0 Å². The van der Waals surface area contributed by atoms with E-state index in [1.807, 2.05) is 18.2 Å². The highest BCUT2D eigenvalue weighted by atomic mass is 31.1. The summed E-state index contributed by atoms with van der Waals surface area (Å²) in [5.41, 5.74) is 0. The molecule has 0 spiro atoms. The summed E-state index contributed by atoms with van der Waals surface area (Å²) >= 11 is 0. The van der Waals surface area contributed by atoms with Crippen LogP contribution in [0.3, 0.4) is 0 Å². The Hall–Kier alpha value is -0.390. The van der Waals surface area contributed by atoms with Crippen molar-refractivity contribution in [3.63, 3.8) is 0 Å². The Morgan fingerprint density at radius 3 is 2.45 bits per heavy atom. The minimum atomic E-state index is -0.126. The predicted octanol–water partition coefficient (Wildman–Crippen LogP) is 1.42. The van der Waals surface area contributed by atoms with Gasteiger partial charge < -0.3 is 5.11 Å². The molecule has 0 radical (unpaired) electrons. The minimum absolute atomic E-state index is 0.126. The molecule has 0 aliphatic rings. The van der Waals surface area contributed by atoms with Crippen LogP contribution in [-0.2, 0) is 0 Å². The third-order valence-corrected chi connectivity index (χ3v) is 3.68. The Morgan fingerprint density at radius 2 is 1.91 bits per heavy atom. The summed E-state index contributed by atoms with van der Waals surface area (Å²) in [7, 11) is -0.126. The van der Waals surface area contributed by atoms with Gasteiger partial charge in [0.2, 0.25) is 0 Å². The van der Waals surface area contributed by atoms with Gasteiger partial charge >= 0.3 is 0 Å². The average molecular weight is 168 g/mol. The largest absolute Gasteiger partial charge is 0.396 e. The molecule has 0 saturated heterocycles. The second-order valence-electron chi connectivity index (χ2n) is 2.48. The van der Waals surface area contributed by atoms with Crippen molar-refractivity contribution in [2.75, 3.05) is 19.4 Å². The molecule has 0 aliphatic heterocycles. The monoisotopic (exact) mass is 168 g/mol. The van der Waals surface area contributed by atoms with Gasteiger partial charge in [-0.2, -0.15) is 0 Å². The van der Waals surface area contributed by atoms with E-state index in [9.17, 15) is 0 Å². The molecule has 1 nitrogen and oxygen atoms in total. The van der Waals surface area contributed by atoms with Gasteiger partial charge in [-0.25, -0.2) is 0 Å². The Labute approximate surface area is 68.8 Å². The molecular formula is C9H13OP. The molecule has 1 N–H and O–H groups in total. The lowest BCUT2D eigenvalue weighted by molar-refractivity contribution is 0.322. The molecule has 1 aromatic rings. The number of aliphatic hydroxyl groups excluding tert-OH is 1. The zero-order chi connectivity index (χ0) is 8.10. The fourth-order valence-corrected chi connectivity index (χ4v) is 2.20. The summed E-state index contributed by atoms with van der Waals surface area (Å²) in [5, 5.41) is 10.1. The predicted molar refractivity (Wildman–Crippen MR) is 50.9 cm³/mol. The summed E-state index contributed by atoms with van der Waals surface area (Å²) in [5.74, 6) is 0. The fourth-order valence-electron chi connectivity index (χ4n) is 0.962. The lowest BCUT2D eigenvalue weighted by Crippen LogP contribution is -2.03. The van der Waals surface area contributed by atoms with Crippen LogP contribution in [-0.4, -0.2) is 24.5 Å². The molecule has 0 fully saturated rings. The molecule has 0 aliphatic carbocycles. The molecule has 2 heteroatoms. The number of rotatable bonds is 3. The third-order valence-electron chi connectivity index (χ3n) is 1.63. The quantitative estimate of drug-likeness (QED) is 0.677. The molecule has 0 aromatic heterocycles. The van der Waals surface area contributed by atoms with Crippen molar-refractivity contribution in [3.8, 4) is 0 Å². The normalized spacial score (nSPS) is 12.9. The van der Waals surface area contributed by atoms with Gasteiger partial charge in [-0.05, 0) is 18.1 Å². The Morgan fingerprint density at radius 1 is 1.27 bits per heavy atom. The van der Waals surface area contributed by atoms with Crippen LogP contribution < -0.4 is 5.30 Å². The van der Waals surface area contributed by atoms with Gasteiger partial charge in [0.1, 0.15) is 0 Å². The summed E-state index contributed by atoms with van der Waals surface area (Å²) in [6.45, 7) is 2.50. The minimum Gasteiger partial charge on any atom is -0.396 e. The second kappa shape index (κ2) is 4.48. The first kappa shape index (κ1) is 8.70. The van der Waals surface area contributed by atoms with E-state index < -0.39 is 0 Å². The molecule has 1 aromatic carbocycles. The van der Waals surface area contributed by atoms with E-state index in [-0.39, 0.29) is 7.92 Å². The molecule has 0 heterocycles. The maximum absolute atomic E-state index is 8.71. The molecule has 0 saturated carbocycles. The smallest absolute Gasteiger partial charge is 0.0473 e. The Kier molecular flexibility index (Phi) is 3.55. The zero-order valence-corrected chi connectivity index (χ0v) is 7.59. The van der Waals surface area contributed by atoms with E-state index in [0.717, 1.165) is 6.16 Å². The maximum atomic E-state index is 8.71. The lowest BCUT2D eigenvalue weighted by atomic mass is 10.4. The molecule has 0 amide bonds. The van der Waals surface area contributed by atoms with Crippen LogP contribution in [0.15, 0.2) is 30.3 Å². The van der Waals surface area contributed by atoms with Crippen LogP contribution in [0.5, 0.6) is 0 Å². The van der Waals surface area contributed by atoms with Crippen LogP contribution in [0.25, 0.3) is 0 Å². The summed E-state index contributed by atoms with van der Waals surface area (Å²) < 4.78 is 0. The first-order valence-corrected chi connectivity index (χ1v) is 5.69. The van der Waals surface area contributed by atoms with Crippen LogP contribution in [0, 0.1) is 0 Å². The highest BCUT2D eigenvalue weighted by Crippen LogP contribution is 2.27. The van der Waals surface area contributed by atoms with E-state index in [0.29, 0.717) is 6.61 Å². The number of benzene rings is 1. The number of hydrogen-bond acceptors (Lipinski definition) is 1. The van der Waals surface area contributed by atoms with Gasteiger partial charge in [-0.1, -0.05) is 38.3 Å². The summed E-state index contributed by atoms with van der Waals surface area (Å²) in [4.78, 5) is 0. The molecule has 1 unspecified atom stereocenters. The van der Waals surface area contributed by atoms with E-state index in [4.69, 9.17) is 5.11 Å². The Balaban J connectivity index is 2.61. The summed E-state index contributed by atoms with van der Waals surface area (Å²) in [6.07, 6.45) is 0.916. The standard InChI is InChI=1S/C9H13OP/c1-11(8-7-10)9-5-3-2-4-6-9/h2-6,10H,7-8H2,1H3. The van der Waals surface area contributed by atoms with Gasteiger partial charge in [-0.15, -0.1) is 0 Å². The highest BCUT2D eigenvalue weighted by molar-refractivity contribution is 7.64. The van der Waals surface area contributed by atoms with Crippen molar-refractivity contribution in [1.82, 2.24) is 0 Å². The van der Waals surface area contributed by atoms with Gasteiger partial charge in [0, 0.05) is 6.61 Å². The van der Waals surface area contributed by atoms with Gasteiger partial charge in [0.05, 0.1) is 0 Å². The number of hydrogen-bond donors (Lipinski definition) is 1. The SMILES string of the molecule is CP(CCO)c1ccccc1. The molecule has 1 rings (SSSR count). The van der Waals surface area contributed by atoms with E-state index in [1.165, 1.54) is 5.30 Å². The molecule has 1 atom stereocenters. The molecule has 11 heavy (non-hydrogen) atoms. The average Bonchev–Trinajstić information content (AvgIpc) is 2.07. The molecule has 0 bridgehead atoms. The first-order valence-electron chi connectivity index (χ1n) is 3.71. The third kappa shape index (κ3) is 2.61. The van der Waals surface area contributed by atoms with Crippen molar-refractivity contribution >= 4 is 13.2 Å². The van der Waals surface area contributed by atoms with Crippen molar-refractivity contribution < 1.29 is 5.11 Å². The van der Waals surface area contributed by atoms with Crippen LogP contribution in [0.1, 0.15) is 0 Å². The van der Waals surface area contributed by atoms with Gasteiger partial charge in [0.15, 0.2) is 0 Å². The van der Waals surface area contributed by atoms with Crippen molar-refractivity contribution in [2.24, 2.45) is 0 Å². The van der Waals surface area contributed by atoms with Crippen molar-refractivity contribution in [1.29, 1.82) is 0 Å². The van der Waals surface area contributed by atoms with E-state index in [2.05, 4.69) is 18.8 Å². The van der Waals surface area contributed by atoms with Crippen LogP contribution in [0.4, 0.5) is 0 Å². The highest BCUT2D eigenvalue weighted by Gasteiger charge is 2.00. The topological polar surface area (TPSA) is 20.2 Å². The van der Waals surface area contributed by atoms with E-state index in [1.54, 1.807) is 0 Å². The first-order chi connectivity index (χ1) is 5.34. The summed E-state index contributed by atoms with van der Waals surface area (Å²) in [6, 6.07) is 10.4. The van der Waals surface area contributed by atoms with Gasteiger partial charge in [-0.3, -0.25) is 0 Å². The van der Waals surface area contributed by atoms with E-state index >= 15 is 0 Å².